The number of hydrogen-bond donors (Lipinski definition) is 1. The molecule has 2 aromatic heterocycles. The number of carbonyl (C=O) groups excluding carboxylic acids is 1. The van der Waals surface area contributed by atoms with E-state index in [4.69, 9.17) is 23.2 Å². The Labute approximate surface area is 199 Å². The van der Waals surface area contributed by atoms with E-state index in [1.807, 2.05) is 23.1 Å². The van der Waals surface area contributed by atoms with E-state index in [1.54, 1.807) is 22.6 Å². The maximum Gasteiger partial charge on any atom is 0.294 e. The van der Waals surface area contributed by atoms with Crippen molar-refractivity contribution in [1.29, 1.82) is 0 Å². The maximum absolute atomic E-state index is 13.2. The molecule has 3 heterocycles. The summed E-state index contributed by atoms with van der Waals surface area (Å²) in [5.41, 5.74) is 2.83. The van der Waals surface area contributed by atoms with E-state index < -0.39 is 0 Å². The van der Waals surface area contributed by atoms with Gasteiger partial charge in [-0.3, -0.25) is 14.0 Å². The van der Waals surface area contributed by atoms with Crippen LogP contribution in [-0.2, 0) is 6.42 Å². The third-order valence-electron chi connectivity index (χ3n) is 5.97. The minimum absolute atomic E-state index is 0.0656. The van der Waals surface area contributed by atoms with E-state index in [1.165, 1.54) is 0 Å². The van der Waals surface area contributed by atoms with Crippen molar-refractivity contribution in [2.45, 2.75) is 19.8 Å². The SMILES string of the molecule is CCCc1nnc2c(=O)[nH]c3cc(C(=O)N4CCN(c5ccc(Cl)c(Cl)c5)CC4)ccc3n12. The molecule has 0 radical (unpaired) electrons. The van der Waals surface area contributed by atoms with Crippen LogP contribution in [0.1, 0.15) is 29.5 Å². The van der Waals surface area contributed by atoms with Gasteiger partial charge in [0.15, 0.2) is 0 Å². The van der Waals surface area contributed by atoms with E-state index in [0.717, 1.165) is 23.4 Å². The fraction of sp³-hybridized carbons (Fsp3) is 0.304. The van der Waals surface area contributed by atoms with E-state index in [-0.39, 0.29) is 17.1 Å². The summed E-state index contributed by atoms with van der Waals surface area (Å²) in [5.74, 6) is 0.672. The summed E-state index contributed by atoms with van der Waals surface area (Å²) in [6.07, 6.45) is 1.60. The van der Waals surface area contributed by atoms with Crippen molar-refractivity contribution in [3.8, 4) is 0 Å². The summed E-state index contributed by atoms with van der Waals surface area (Å²) in [6, 6.07) is 10.9. The summed E-state index contributed by atoms with van der Waals surface area (Å²) in [6.45, 7) is 4.59. The minimum Gasteiger partial charge on any atom is -0.368 e. The normalized spacial score (nSPS) is 14.4. The number of nitrogens with zero attached hydrogens (tertiary/aromatic N) is 5. The number of piperazine rings is 1. The highest BCUT2D eigenvalue weighted by Crippen LogP contribution is 2.28. The summed E-state index contributed by atoms with van der Waals surface area (Å²) >= 11 is 12.2. The van der Waals surface area contributed by atoms with Crippen LogP contribution in [0.2, 0.25) is 10.0 Å². The van der Waals surface area contributed by atoms with Gasteiger partial charge in [-0.1, -0.05) is 30.1 Å². The predicted octanol–water partition coefficient (Wildman–Crippen LogP) is 3.79. The van der Waals surface area contributed by atoms with E-state index in [9.17, 15) is 9.59 Å². The second kappa shape index (κ2) is 8.68. The number of amides is 1. The number of aryl methyl sites for hydroxylation is 1. The van der Waals surface area contributed by atoms with Gasteiger partial charge in [0.1, 0.15) is 5.82 Å². The lowest BCUT2D eigenvalue weighted by molar-refractivity contribution is 0.0747. The Morgan fingerprint density at radius 2 is 1.82 bits per heavy atom. The van der Waals surface area contributed by atoms with Crippen LogP contribution in [0.4, 0.5) is 5.69 Å². The number of aromatic amines is 1. The summed E-state index contributed by atoms with van der Waals surface area (Å²) in [4.78, 5) is 32.6. The molecule has 10 heteroatoms. The van der Waals surface area contributed by atoms with Crippen LogP contribution in [0, 0.1) is 0 Å². The largest absolute Gasteiger partial charge is 0.368 e. The number of fused-ring (bicyclic) bond motifs is 3. The molecular formula is C23H22Cl2N6O2. The van der Waals surface area contributed by atoms with Gasteiger partial charge in [0.05, 0.1) is 21.1 Å². The number of halogens is 2. The molecule has 0 unspecified atom stereocenters. The van der Waals surface area contributed by atoms with Crippen molar-refractivity contribution in [3.05, 3.63) is 68.2 Å². The minimum atomic E-state index is -0.322. The lowest BCUT2D eigenvalue weighted by Crippen LogP contribution is -2.48. The zero-order valence-electron chi connectivity index (χ0n) is 18.0. The number of H-pyrrole nitrogens is 1. The van der Waals surface area contributed by atoms with E-state index in [2.05, 4.69) is 27.0 Å². The van der Waals surface area contributed by atoms with Gasteiger partial charge >= 0.3 is 0 Å². The Kier molecular flexibility index (Phi) is 5.72. The summed E-state index contributed by atoms with van der Waals surface area (Å²) in [5, 5.41) is 9.24. The molecule has 1 aliphatic heterocycles. The van der Waals surface area contributed by atoms with Gasteiger partial charge in [0.2, 0.25) is 5.65 Å². The number of hydrogen-bond acceptors (Lipinski definition) is 5. The highest BCUT2D eigenvalue weighted by molar-refractivity contribution is 6.42. The lowest BCUT2D eigenvalue weighted by Gasteiger charge is -2.36. The van der Waals surface area contributed by atoms with Gasteiger partial charge in [-0.15, -0.1) is 10.2 Å². The average molecular weight is 485 g/mol. The highest BCUT2D eigenvalue weighted by Gasteiger charge is 2.23. The van der Waals surface area contributed by atoms with E-state index in [0.29, 0.717) is 53.7 Å². The molecule has 0 spiro atoms. The van der Waals surface area contributed by atoms with Gasteiger partial charge in [0, 0.05) is 43.9 Å². The summed E-state index contributed by atoms with van der Waals surface area (Å²) < 4.78 is 1.78. The molecule has 0 atom stereocenters. The smallest absolute Gasteiger partial charge is 0.294 e. The zero-order chi connectivity index (χ0) is 23.1. The van der Waals surface area contributed by atoms with Crippen molar-refractivity contribution in [2.75, 3.05) is 31.1 Å². The Bertz CT molecular complexity index is 1420. The standard InChI is InChI=1S/C23H22Cl2N6O2/c1-2-3-20-27-28-21-22(32)26-18-12-14(4-7-19(18)31(20)21)23(33)30-10-8-29(9-11-30)15-5-6-16(24)17(25)13-15/h4-7,12-13H,2-3,8-11H2,1H3,(H,26,32). The molecule has 1 amide bonds. The fourth-order valence-electron chi connectivity index (χ4n) is 4.28. The van der Waals surface area contributed by atoms with Gasteiger partial charge in [-0.05, 0) is 42.8 Å². The van der Waals surface area contributed by atoms with Crippen molar-refractivity contribution in [3.63, 3.8) is 0 Å². The van der Waals surface area contributed by atoms with Crippen molar-refractivity contribution in [2.24, 2.45) is 0 Å². The van der Waals surface area contributed by atoms with Gasteiger partial charge in [0.25, 0.3) is 11.5 Å². The predicted molar refractivity (Wildman–Crippen MR) is 130 cm³/mol. The third kappa shape index (κ3) is 3.94. The number of aromatic nitrogens is 4. The van der Waals surface area contributed by atoms with Crippen LogP contribution in [0.3, 0.4) is 0 Å². The molecule has 4 aromatic rings. The van der Waals surface area contributed by atoms with Crippen LogP contribution in [0.5, 0.6) is 0 Å². The number of rotatable bonds is 4. The molecule has 5 rings (SSSR count). The lowest BCUT2D eigenvalue weighted by atomic mass is 10.1. The van der Waals surface area contributed by atoms with Crippen LogP contribution < -0.4 is 10.5 Å². The van der Waals surface area contributed by atoms with Crippen molar-refractivity contribution in [1.82, 2.24) is 24.5 Å². The molecule has 1 fully saturated rings. The van der Waals surface area contributed by atoms with Crippen LogP contribution in [-0.4, -0.2) is 56.6 Å². The third-order valence-corrected chi connectivity index (χ3v) is 6.71. The van der Waals surface area contributed by atoms with Gasteiger partial charge < -0.3 is 14.8 Å². The van der Waals surface area contributed by atoms with Crippen molar-refractivity contribution < 1.29 is 4.79 Å². The number of nitrogens with one attached hydrogen (secondary N) is 1. The Balaban J connectivity index is 1.38. The molecule has 2 aromatic carbocycles. The number of benzene rings is 2. The van der Waals surface area contributed by atoms with Gasteiger partial charge in [-0.2, -0.15) is 0 Å². The monoisotopic (exact) mass is 484 g/mol. The average Bonchev–Trinajstić information content (AvgIpc) is 3.25. The Morgan fingerprint density at radius 1 is 1.03 bits per heavy atom. The maximum atomic E-state index is 13.2. The summed E-state index contributed by atoms with van der Waals surface area (Å²) in [7, 11) is 0. The second-order valence-electron chi connectivity index (χ2n) is 8.09. The van der Waals surface area contributed by atoms with Crippen LogP contribution in [0.15, 0.2) is 41.2 Å². The fourth-order valence-corrected chi connectivity index (χ4v) is 4.57. The first-order chi connectivity index (χ1) is 16.0. The van der Waals surface area contributed by atoms with Crippen LogP contribution >= 0.6 is 23.2 Å². The molecule has 8 nitrogen and oxygen atoms in total. The Hall–Kier alpha value is -3.10. The molecule has 1 saturated heterocycles. The number of anilines is 1. The molecule has 33 heavy (non-hydrogen) atoms. The van der Waals surface area contributed by atoms with Crippen LogP contribution in [0.25, 0.3) is 16.7 Å². The quantitative estimate of drug-likeness (QED) is 0.476. The Morgan fingerprint density at radius 3 is 2.55 bits per heavy atom. The first-order valence-electron chi connectivity index (χ1n) is 10.9. The van der Waals surface area contributed by atoms with Crippen molar-refractivity contribution >= 4 is 51.5 Å². The molecule has 1 aliphatic rings. The number of carbonyl (C=O) groups is 1. The topological polar surface area (TPSA) is 86.6 Å². The second-order valence-corrected chi connectivity index (χ2v) is 8.90. The van der Waals surface area contributed by atoms with Gasteiger partial charge in [-0.25, -0.2) is 0 Å². The highest BCUT2D eigenvalue weighted by atomic mass is 35.5. The molecule has 0 aliphatic carbocycles. The molecule has 1 N–H and O–H groups in total. The molecular weight excluding hydrogens is 463 g/mol. The first-order valence-corrected chi connectivity index (χ1v) is 11.6. The molecule has 170 valence electrons. The van der Waals surface area contributed by atoms with E-state index >= 15 is 0 Å². The first kappa shape index (κ1) is 21.7. The zero-order valence-corrected chi connectivity index (χ0v) is 19.5. The molecule has 0 bridgehead atoms. The molecule has 0 saturated carbocycles.